The predicted molar refractivity (Wildman–Crippen MR) is 72.5 cm³/mol. The third-order valence-corrected chi connectivity index (χ3v) is 4.06. The van der Waals surface area contributed by atoms with E-state index in [1.165, 1.54) is 0 Å². The number of rotatable bonds is 1. The second-order valence-electron chi connectivity index (χ2n) is 5.34. The van der Waals surface area contributed by atoms with Gasteiger partial charge in [0.15, 0.2) is 0 Å². The summed E-state index contributed by atoms with van der Waals surface area (Å²) >= 11 is 0. The number of amides is 3. The van der Waals surface area contributed by atoms with Crippen LogP contribution in [0.15, 0.2) is 16.3 Å². The van der Waals surface area contributed by atoms with Crippen LogP contribution in [0.2, 0.25) is 0 Å². The zero-order valence-electron chi connectivity index (χ0n) is 11.1. The molecule has 2 atom stereocenters. The number of hydrogen-bond acceptors (Lipinski definition) is 5. The van der Waals surface area contributed by atoms with E-state index in [4.69, 9.17) is 11.5 Å². The first-order valence-electron chi connectivity index (χ1n) is 6.66. The Hall–Kier alpha value is -2.09. The molecule has 0 aliphatic carbocycles. The summed E-state index contributed by atoms with van der Waals surface area (Å²) in [7, 11) is 0. The van der Waals surface area contributed by atoms with Gasteiger partial charge in [-0.3, -0.25) is 9.79 Å². The van der Waals surface area contributed by atoms with Gasteiger partial charge in [0.1, 0.15) is 0 Å². The van der Waals surface area contributed by atoms with Crippen molar-refractivity contribution in [3.05, 3.63) is 11.3 Å². The van der Waals surface area contributed by atoms with Crippen molar-refractivity contribution in [2.45, 2.75) is 12.5 Å². The lowest BCUT2D eigenvalue weighted by molar-refractivity contribution is -0.122. The largest absolute Gasteiger partial charge is 0.369 e. The number of primary amides is 2. The second-order valence-corrected chi connectivity index (χ2v) is 5.34. The average Bonchev–Trinajstić information content (AvgIpc) is 2.60. The minimum Gasteiger partial charge on any atom is -0.369 e. The predicted octanol–water partition coefficient (Wildman–Crippen LogP) is -1.60. The fourth-order valence-electron chi connectivity index (χ4n) is 2.90. The van der Waals surface area contributed by atoms with Crippen LogP contribution < -0.4 is 16.9 Å². The van der Waals surface area contributed by atoms with Crippen molar-refractivity contribution in [3.8, 4) is 0 Å². The van der Waals surface area contributed by atoms with Gasteiger partial charge in [-0.25, -0.2) is 10.2 Å². The first-order valence-corrected chi connectivity index (χ1v) is 6.66. The Morgan fingerprint density at radius 1 is 1.40 bits per heavy atom. The number of urea groups is 1. The van der Waals surface area contributed by atoms with E-state index in [2.05, 4.69) is 10.4 Å². The second kappa shape index (κ2) is 4.78. The van der Waals surface area contributed by atoms with Crippen LogP contribution in [0.1, 0.15) is 6.42 Å². The van der Waals surface area contributed by atoms with Gasteiger partial charge >= 0.3 is 6.03 Å². The summed E-state index contributed by atoms with van der Waals surface area (Å²) in [5.41, 5.74) is 16.1. The Labute approximate surface area is 116 Å². The van der Waals surface area contributed by atoms with Crippen LogP contribution in [0.5, 0.6) is 0 Å². The summed E-state index contributed by atoms with van der Waals surface area (Å²) in [6.07, 6.45) is 2.56. The van der Waals surface area contributed by atoms with E-state index in [9.17, 15) is 9.59 Å². The van der Waals surface area contributed by atoms with Gasteiger partial charge in [0, 0.05) is 25.8 Å². The van der Waals surface area contributed by atoms with E-state index in [0.29, 0.717) is 26.2 Å². The molecule has 8 heteroatoms. The van der Waals surface area contributed by atoms with Crippen molar-refractivity contribution in [1.29, 1.82) is 0 Å². The molecule has 0 aromatic carbocycles. The molecular formula is C12H18N6O2. The SMILES string of the molecule is NC(=O)C1CN=CC2=C3CN(C(N)=O)CCC3NN2C1. The number of piperidine rings is 1. The van der Waals surface area contributed by atoms with Crippen LogP contribution >= 0.6 is 0 Å². The maximum Gasteiger partial charge on any atom is 0.315 e. The molecule has 3 aliphatic rings. The topological polar surface area (TPSA) is 117 Å². The number of carbonyl (C=O) groups excluding carboxylic acids is 2. The molecule has 3 heterocycles. The Bertz CT molecular complexity index is 514. The van der Waals surface area contributed by atoms with Crippen molar-refractivity contribution in [2.24, 2.45) is 22.4 Å². The van der Waals surface area contributed by atoms with E-state index in [1.807, 2.05) is 5.01 Å². The van der Waals surface area contributed by atoms with Crippen LogP contribution in [0.4, 0.5) is 4.79 Å². The van der Waals surface area contributed by atoms with E-state index >= 15 is 0 Å². The van der Waals surface area contributed by atoms with Gasteiger partial charge in [-0.1, -0.05) is 0 Å². The van der Waals surface area contributed by atoms with Crippen LogP contribution in [0.3, 0.4) is 0 Å². The first kappa shape index (κ1) is 12.9. The zero-order valence-corrected chi connectivity index (χ0v) is 11.1. The van der Waals surface area contributed by atoms with Gasteiger partial charge in [0.2, 0.25) is 5.91 Å². The molecule has 0 saturated carbocycles. The van der Waals surface area contributed by atoms with E-state index < -0.39 is 6.03 Å². The molecule has 2 unspecified atom stereocenters. The third kappa shape index (κ3) is 2.11. The molecule has 0 spiro atoms. The molecule has 1 saturated heterocycles. The molecule has 20 heavy (non-hydrogen) atoms. The molecule has 0 aromatic heterocycles. The highest BCUT2D eigenvalue weighted by molar-refractivity contribution is 5.83. The molecule has 8 nitrogen and oxygen atoms in total. The molecule has 108 valence electrons. The number of nitrogens with two attached hydrogens (primary N) is 2. The maximum atomic E-state index is 11.4. The van der Waals surface area contributed by atoms with Crippen molar-refractivity contribution in [2.75, 3.05) is 26.2 Å². The average molecular weight is 278 g/mol. The van der Waals surface area contributed by atoms with Crippen LogP contribution in [0, 0.1) is 5.92 Å². The van der Waals surface area contributed by atoms with Gasteiger partial charge in [0.25, 0.3) is 0 Å². The molecule has 0 aromatic rings. The zero-order chi connectivity index (χ0) is 14.3. The third-order valence-electron chi connectivity index (χ3n) is 4.06. The van der Waals surface area contributed by atoms with E-state index in [1.54, 1.807) is 11.1 Å². The van der Waals surface area contributed by atoms with Crippen molar-refractivity contribution in [1.82, 2.24) is 15.3 Å². The van der Waals surface area contributed by atoms with Crippen LogP contribution in [0.25, 0.3) is 0 Å². The number of hydrogen-bond donors (Lipinski definition) is 3. The Kier molecular flexibility index (Phi) is 3.09. The first-order chi connectivity index (χ1) is 9.56. The molecule has 3 aliphatic heterocycles. The van der Waals surface area contributed by atoms with Gasteiger partial charge in [-0.15, -0.1) is 0 Å². The summed E-state index contributed by atoms with van der Waals surface area (Å²) < 4.78 is 0. The van der Waals surface area contributed by atoms with Gasteiger partial charge in [-0.05, 0) is 12.0 Å². The standard InChI is InChI=1S/C12H18N6O2/c13-11(19)7-3-15-4-10-8-6-17(12(14)20)2-1-9(8)16-18(10)5-7/h4,7,9,16H,1-3,5-6H2,(H2,13,19)(H2,14,20). The highest BCUT2D eigenvalue weighted by Crippen LogP contribution is 2.28. The summed E-state index contributed by atoms with van der Waals surface area (Å²) in [6, 6.07) is -0.228. The number of nitrogens with zero attached hydrogens (tertiary/aromatic N) is 3. The van der Waals surface area contributed by atoms with Crippen LogP contribution in [-0.4, -0.2) is 60.3 Å². The van der Waals surface area contributed by atoms with E-state index in [0.717, 1.165) is 17.7 Å². The number of aliphatic imine (C=N–C) groups is 1. The molecular weight excluding hydrogens is 260 g/mol. The number of allylic oxidation sites excluding steroid dienone is 1. The fraction of sp³-hybridized carbons (Fsp3) is 0.583. The van der Waals surface area contributed by atoms with Crippen molar-refractivity contribution in [3.63, 3.8) is 0 Å². The lowest BCUT2D eigenvalue weighted by Gasteiger charge is -2.30. The summed E-state index contributed by atoms with van der Waals surface area (Å²) in [4.78, 5) is 28.6. The molecule has 1 fully saturated rings. The van der Waals surface area contributed by atoms with Crippen molar-refractivity contribution < 1.29 is 9.59 Å². The number of hydrazine groups is 1. The summed E-state index contributed by atoms with van der Waals surface area (Å²) in [6.45, 7) is 2.04. The highest BCUT2D eigenvalue weighted by Gasteiger charge is 2.37. The number of likely N-dealkylation sites (tertiary alicyclic amines) is 1. The number of carbonyl (C=O) groups is 2. The lowest BCUT2D eigenvalue weighted by Crippen LogP contribution is -2.48. The number of fused-ring (bicyclic) bond motifs is 2. The minimum atomic E-state index is -0.407. The minimum absolute atomic E-state index is 0.179. The van der Waals surface area contributed by atoms with Gasteiger partial charge in [0.05, 0.1) is 24.2 Å². The Balaban J connectivity index is 1.86. The molecule has 0 radical (unpaired) electrons. The van der Waals surface area contributed by atoms with Crippen LogP contribution in [-0.2, 0) is 4.79 Å². The summed E-state index contributed by atoms with van der Waals surface area (Å²) in [5, 5.41) is 1.93. The molecule has 0 bridgehead atoms. The monoisotopic (exact) mass is 278 g/mol. The van der Waals surface area contributed by atoms with E-state index in [-0.39, 0.29) is 17.9 Å². The Morgan fingerprint density at radius 3 is 2.90 bits per heavy atom. The molecule has 3 rings (SSSR count). The number of nitrogens with one attached hydrogen (secondary N) is 1. The summed E-state index contributed by atoms with van der Waals surface area (Å²) in [5.74, 6) is -0.645. The quantitative estimate of drug-likeness (QED) is 0.535. The fourth-order valence-corrected chi connectivity index (χ4v) is 2.90. The lowest BCUT2D eigenvalue weighted by atomic mass is 9.99. The Morgan fingerprint density at radius 2 is 2.20 bits per heavy atom. The highest BCUT2D eigenvalue weighted by atomic mass is 16.2. The smallest absolute Gasteiger partial charge is 0.315 e. The van der Waals surface area contributed by atoms with Crippen molar-refractivity contribution >= 4 is 18.2 Å². The normalized spacial score (nSPS) is 29.0. The molecule has 5 N–H and O–H groups in total. The van der Waals surface area contributed by atoms with Gasteiger partial charge < -0.3 is 21.4 Å². The maximum absolute atomic E-state index is 11.4. The molecule has 3 amide bonds. The van der Waals surface area contributed by atoms with Gasteiger partial charge in [-0.2, -0.15) is 0 Å².